The molecule has 0 saturated carbocycles. The van der Waals surface area contributed by atoms with E-state index >= 15 is 0 Å². The largest absolute Gasteiger partial charge is 0.707 e. The number of ether oxygens (including phenoxy) is 1. The molecule has 0 aliphatic rings. The minimum absolute atomic E-state index is 0.193. The number of hydrogen-bond acceptors (Lipinski definition) is 6. The third-order valence-electron chi connectivity index (χ3n) is 2.90. The quantitative estimate of drug-likeness (QED) is 0.563. The second kappa shape index (κ2) is 7.43. The molecular weight excluding hydrogens is 301 g/mol. The first kappa shape index (κ1) is 16.5. The van der Waals surface area contributed by atoms with Crippen molar-refractivity contribution < 1.29 is 29.0 Å². The first-order valence-electron chi connectivity index (χ1n) is 6.62. The van der Waals surface area contributed by atoms with Crippen molar-refractivity contribution in [1.82, 2.24) is 0 Å². The van der Waals surface area contributed by atoms with E-state index in [1.165, 1.54) is 43.5 Å². The molecule has 0 saturated heterocycles. The second-order valence-corrected chi connectivity index (χ2v) is 4.50. The Bertz CT molecular complexity index is 701. The summed E-state index contributed by atoms with van der Waals surface area (Å²) in [6.07, 6.45) is 0. The minimum Gasteiger partial charge on any atom is -0.512 e. The van der Waals surface area contributed by atoms with Gasteiger partial charge in [0.15, 0.2) is 0 Å². The van der Waals surface area contributed by atoms with E-state index in [1.54, 1.807) is 12.1 Å². The fourth-order valence-electron chi connectivity index (χ4n) is 1.85. The highest BCUT2D eigenvalue weighted by atomic mass is 16.6. The molecule has 0 unspecified atom stereocenters. The molecule has 2 rings (SSSR count). The predicted molar refractivity (Wildman–Crippen MR) is 83.0 cm³/mol. The highest BCUT2D eigenvalue weighted by Gasteiger charge is 2.12. The zero-order chi connectivity index (χ0) is 16.8. The Morgan fingerprint density at radius 3 is 2.30 bits per heavy atom. The van der Waals surface area contributed by atoms with E-state index in [0.29, 0.717) is 16.8 Å². The highest BCUT2D eigenvalue weighted by molar-refractivity contribution is 6.33. The Labute approximate surface area is 132 Å². The standard InChI is InChI=1S/C15H14BNO6/c1-22-15(19)11-7-5-10(6-8-11)14(18)17-12-3-2-4-13(9-12)23-16(20)21/h2-9,20-21H,1H3,(H,17,18). The van der Waals surface area contributed by atoms with Gasteiger partial charge in [0.25, 0.3) is 5.91 Å². The van der Waals surface area contributed by atoms with E-state index < -0.39 is 13.3 Å². The molecule has 8 heteroatoms. The average Bonchev–Trinajstić information content (AvgIpc) is 2.54. The van der Waals surface area contributed by atoms with Crippen molar-refractivity contribution in [2.75, 3.05) is 12.4 Å². The number of rotatable bonds is 5. The van der Waals surface area contributed by atoms with Gasteiger partial charge in [-0.25, -0.2) is 4.79 Å². The molecular formula is C15H14BNO6. The van der Waals surface area contributed by atoms with Gasteiger partial charge in [-0.3, -0.25) is 4.79 Å². The summed E-state index contributed by atoms with van der Waals surface area (Å²) >= 11 is 0. The third-order valence-corrected chi connectivity index (χ3v) is 2.90. The molecule has 0 radical (unpaired) electrons. The molecule has 0 aliphatic heterocycles. The highest BCUT2D eigenvalue weighted by Crippen LogP contribution is 2.18. The molecule has 0 atom stereocenters. The van der Waals surface area contributed by atoms with E-state index in [1.807, 2.05) is 0 Å². The number of hydrogen-bond donors (Lipinski definition) is 3. The molecule has 0 bridgehead atoms. The number of amides is 1. The normalized spacial score (nSPS) is 9.87. The minimum atomic E-state index is -1.94. The van der Waals surface area contributed by atoms with E-state index in [4.69, 9.17) is 14.7 Å². The van der Waals surface area contributed by atoms with Crippen LogP contribution in [-0.4, -0.2) is 36.4 Å². The van der Waals surface area contributed by atoms with Crippen LogP contribution in [0.2, 0.25) is 0 Å². The molecule has 118 valence electrons. The van der Waals surface area contributed by atoms with Gasteiger partial charge in [-0.05, 0) is 36.4 Å². The van der Waals surface area contributed by atoms with Crippen molar-refractivity contribution >= 4 is 24.9 Å². The smallest absolute Gasteiger partial charge is 0.512 e. The van der Waals surface area contributed by atoms with Crippen molar-refractivity contribution in [2.24, 2.45) is 0 Å². The fraction of sp³-hybridized carbons (Fsp3) is 0.0667. The van der Waals surface area contributed by atoms with Crippen LogP contribution in [0.25, 0.3) is 0 Å². The molecule has 7 nitrogen and oxygen atoms in total. The van der Waals surface area contributed by atoms with Crippen LogP contribution in [-0.2, 0) is 4.74 Å². The summed E-state index contributed by atoms with van der Waals surface area (Å²) in [6.45, 7) is 0. The number of methoxy groups -OCH3 is 1. The molecule has 0 fully saturated rings. The van der Waals surface area contributed by atoms with Crippen LogP contribution < -0.4 is 9.97 Å². The Kier molecular flexibility index (Phi) is 5.34. The summed E-state index contributed by atoms with van der Waals surface area (Å²) in [7, 11) is -0.659. The van der Waals surface area contributed by atoms with E-state index in [-0.39, 0.29) is 11.7 Å². The summed E-state index contributed by atoms with van der Waals surface area (Å²) in [5.74, 6) is -0.675. The van der Waals surface area contributed by atoms with Crippen LogP contribution >= 0.6 is 0 Å². The first-order chi connectivity index (χ1) is 11.0. The van der Waals surface area contributed by atoms with Crippen molar-refractivity contribution in [3.63, 3.8) is 0 Å². The van der Waals surface area contributed by atoms with Crippen LogP contribution in [0, 0.1) is 0 Å². The van der Waals surface area contributed by atoms with E-state index in [9.17, 15) is 9.59 Å². The maximum Gasteiger partial charge on any atom is 0.707 e. The summed E-state index contributed by atoms with van der Waals surface area (Å²) in [5.41, 5.74) is 1.12. The van der Waals surface area contributed by atoms with Gasteiger partial charge in [0.2, 0.25) is 0 Å². The molecule has 0 aromatic heterocycles. The molecule has 1 amide bonds. The van der Waals surface area contributed by atoms with Gasteiger partial charge in [0.1, 0.15) is 5.75 Å². The summed E-state index contributed by atoms with van der Waals surface area (Å²) in [6, 6.07) is 12.1. The molecule has 0 aliphatic carbocycles. The van der Waals surface area contributed by atoms with Crippen molar-refractivity contribution in [2.45, 2.75) is 0 Å². The third kappa shape index (κ3) is 4.57. The van der Waals surface area contributed by atoms with E-state index in [0.717, 1.165) is 0 Å². The van der Waals surface area contributed by atoms with Crippen LogP contribution in [0.15, 0.2) is 48.5 Å². The summed E-state index contributed by atoms with van der Waals surface area (Å²) in [4.78, 5) is 23.5. The van der Waals surface area contributed by atoms with Crippen LogP contribution in [0.4, 0.5) is 5.69 Å². The van der Waals surface area contributed by atoms with Gasteiger partial charge < -0.3 is 24.8 Å². The predicted octanol–water partition coefficient (Wildman–Crippen LogP) is 1.07. The SMILES string of the molecule is COC(=O)c1ccc(C(=O)Nc2cccc(OB(O)O)c2)cc1. The lowest BCUT2D eigenvalue weighted by Gasteiger charge is -2.09. The molecule has 0 spiro atoms. The molecule has 3 N–H and O–H groups in total. The van der Waals surface area contributed by atoms with Gasteiger partial charge >= 0.3 is 13.3 Å². The van der Waals surface area contributed by atoms with Crippen LogP contribution in [0.5, 0.6) is 5.75 Å². The Hall–Kier alpha value is -2.84. The van der Waals surface area contributed by atoms with Crippen molar-refractivity contribution in [3.05, 3.63) is 59.7 Å². The number of nitrogens with one attached hydrogen (secondary N) is 1. The lowest BCUT2D eigenvalue weighted by atomic mass is 10.1. The first-order valence-corrected chi connectivity index (χ1v) is 6.62. The topological polar surface area (TPSA) is 105 Å². The fourth-order valence-corrected chi connectivity index (χ4v) is 1.85. The number of carbonyl (C=O) groups is 2. The van der Waals surface area contributed by atoms with Gasteiger partial charge in [-0.15, -0.1) is 0 Å². The number of benzene rings is 2. The lowest BCUT2D eigenvalue weighted by Crippen LogP contribution is -2.20. The molecule has 23 heavy (non-hydrogen) atoms. The van der Waals surface area contributed by atoms with Gasteiger partial charge in [0, 0.05) is 17.3 Å². The Morgan fingerprint density at radius 2 is 1.70 bits per heavy atom. The molecule has 0 heterocycles. The average molecular weight is 315 g/mol. The van der Waals surface area contributed by atoms with Crippen LogP contribution in [0.3, 0.4) is 0 Å². The van der Waals surface area contributed by atoms with Gasteiger partial charge in [-0.2, -0.15) is 0 Å². The van der Waals surface area contributed by atoms with Crippen molar-refractivity contribution in [3.8, 4) is 5.75 Å². The number of carbonyl (C=O) groups excluding carboxylic acids is 2. The molecule has 2 aromatic rings. The summed E-state index contributed by atoms with van der Waals surface area (Å²) < 4.78 is 9.29. The second-order valence-electron chi connectivity index (χ2n) is 4.50. The molecule has 2 aromatic carbocycles. The zero-order valence-corrected chi connectivity index (χ0v) is 12.2. The van der Waals surface area contributed by atoms with E-state index in [2.05, 4.69) is 10.1 Å². The zero-order valence-electron chi connectivity index (χ0n) is 12.2. The summed E-state index contributed by atoms with van der Waals surface area (Å²) in [5, 5.41) is 20.1. The van der Waals surface area contributed by atoms with Gasteiger partial charge in [0.05, 0.1) is 12.7 Å². The Balaban J connectivity index is 2.08. The Morgan fingerprint density at radius 1 is 1.04 bits per heavy atom. The monoisotopic (exact) mass is 315 g/mol. The maximum atomic E-state index is 12.1. The van der Waals surface area contributed by atoms with Crippen molar-refractivity contribution in [1.29, 1.82) is 0 Å². The van der Waals surface area contributed by atoms with Gasteiger partial charge in [-0.1, -0.05) is 6.07 Å². The number of esters is 1. The van der Waals surface area contributed by atoms with Crippen LogP contribution in [0.1, 0.15) is 20.7 Å². The maximum absolute atomic E-state index is 12.1. The lowest BCUT2D eigenvalue weighted by molar-refractivity contribution is 0.0600. The number of anilines is 1.